The molecular formula is C18H29NO. The van der Waals surface area contributed by atoms with E-state index in [0.29, 0.717) is 12.3 Å². The first kappa shape index (κ1) is 16.9. The molecule has 0 spiro atoms. The van der Waals surface area contributed by atoms with Crippen LogP contribution in [0.25, 0.3) is 0 Å². The summed E-state index contributed by atoms with van der Waals surface area (Å²) in [7, 11) is 0. The molecule has 0 aliphatic heterocycles. The Hall–Kier alpha value is -1.15. The molecule has 1 N–H and O–H groups in total. The van der Waals surface area contributed by atoms with Gasteiger partial charge in [-0.05, 0) is 24.4 Å². The van der Waals surface area contributed by atoms with Crippen molar-refractivity contribution < 1.29 is 4.79 Å². The zero-order valence-electron chi connectivity index (χ0n) is 13.2. The highest BCUT2D eigenvalue weighted by molar-refractivity contribution is 5.96. The molecule has 20 heavy (non-hydrogen) atoms. The average molecular weight is 275 g/mol. The first-order valence-electron chi connectivity index (χ1n) is 7.99. The summed E-state index contributed by atoms with van der Waals surface area (Å²) in [6, 6.07) is 8.05. The van der Waals surface area contributed by atoms with Crippen LogP contribution in [0.2, 0.25) is 0 Å². The summed E-state index contributed by atoms with van der Waals surface area (Å²) in [5.41, 5.74) is 2.12. The van der Waals surface area contributed by atoms with Gasteiger partial charge in [0.2, 0.25) is 0 Å². The Morgan fingerprint density at radius 1 is 1.05 bits per heavy atom. The van der Waals surface area contributed by atoms with Crippen LogP contribution in [0.1, 0.15) is 74.7 Å². The highest BCUT2D eigenvalue weighted by Gasteiger charge is 2.06. The highest BCUT2D eigenvalue weighted by atomic mass is 16.1. The van der Waals surface area contributed by atoms with E-state index in [2.05, 4.69) is 38.2 Å². The van der Waals surface area contributed by atoms with Gasteiger partial charge in [0.15, 0.2) is 5.78 Å². The molecule has 0 aliphatic carbocycles. The maximum Gasteiger partial charge on any atom is 0.164 e. The van der Waals surface area contributed by atoms with Gasteiger partial charge in [0, 0.05) is 18.5 Å². The van der Waals surface area contributed by atoms with Gasteiger partial charge in [-0.2, -0.15) is 0 Å². The van der Waals surface area contributed by atoms with E-state index in [1.165, 1.54) is 31.2 Å². The number of hydrogen-bond acceptors (Lipinski definition) is 2. The molecule has 0 bridgehead atoms. The van der Waals surface area contributed by atoms with E-state index in [4.69, 9.17) is 0 Å². The molecule has 0 amide bonds. The molecule has 1 rings (SSSR count). The summed E-state index contributed by atoms with van der Waals surface area (Å²) in [6.07, 6.45) is 5.67. The molecule has 112 valence electrons. The van der Waals surface area contributed by atoms with Gasteiger partial charge in [0.1, 0.15) is 0 Å². The minimum atomic E-state index is 0.237. The topological polar surface area (TPSA) is 29.1 Å². The third-order valence-electron chi connectivity index (χ3n) is 3.64. The second kappa shape index (κ2) is 9.71. The Balaban J connectivity index is 2.22. The predicted octanol–water partition coefficient (Wildman–Crippen LogP) is 4.55. The van der Waals surface area contributed by atoms with Crippen LogP contribution in [0.4, 0.5) is 0 Å². The molecule has 2 nitrogen and oxygen atoms in total. The zero-order valence-corrected chi connectivity index (χ0v) is 13.2. The van der Waals surface area contributed by atoms with E-state index in [9.17, 15) is 4.79 Å². The number of carbonyl (C=O) groups excluding carboxylic acids is 1. The number of unbranched alkanes of at least 4 members (excludes halogenated alkanes) is 3. The Morgan fingerprint density at radius 3 is 2.35 bits per heavy atom. The van der Waals surface area contributed by atoms with Crippen LogP contribution in [-0.4, -0.2) is 18.9 Å². The maximum absolute atomic E-state index is 12.0. The minimum Gasteiger partial charge on any atom is -0.316 e. The van der Waals surface area contributed by atoms with Gasteiger partial charge >= 0.3 is 0 Å². The number of nitrogens with one attached hydrogen (secondary N) is 1. The quantitative estimate of drug-likeness (QED) is 0.501. The number of benzene rings is 1. The Bertz CT molecular complexity index is 381. The summed E-state index contributed by atoms with van der Waals surface area (Å²) in [6.45, 7) is 8.37. The van der Waals surface area contributed by atoms with Crippen molar-refractivity contribution in [2.75, 3.05) is 13.1 Å². The van der Waals surface area contributed by atoms with Crippen LogP contribution in [-0.2, 0) is 0 Å². The second-order valence-electron chi connectivity index (χ2n) is 5.76. The number of carbonyl (C=O) groups is 1. The maximum atomic E-state index is 12.0. The van der Waals surface area contributed by atoms with Crippen molar-refractivity contribution in [1.82, 2.24) is 5.32 Å². The van der Waals surface area contributed by atoms with E-state index in [1.54, 1.807) is 0 Å². The molecule has 0 saturated heterocycles. The van der Waals surface area contributed by atoms with Crippen LogP contribution >= 0.6 is 0 Å². The van der Waals surface area contributed by atoms with Gasteiger partial charge in [-0.3, -0.25) is 4.79 Å². The molecule has 0 radical (unpaired) electrons. The number of rotatable bonds is 10. The smallest absolute Gasteiger partial charge is 0.164 e. The van der Waals surface area contributed by atoms with E-state index < -0.39 is 0 Å². The molecule has 0 unspecified atom stereocenters. The van der Waals surface area contributed by atoms with Crippen LogP contribution in [0.5, 0.6) is 0 Å². The van der Waals surface area contributed by atoms with Crippen molar-refractivity contribution in [3.8, 4) is 0 Å². The van der Waals surface area contributed by atoms with Gasteiger partial charge in [-0.25, -0.2) is 0 Å². The van der Waals surface area contributed by atoms with Gasteiger partial charge in [-0.15, -0.1) is 0 Å². The van der Waals surface area contributed by atoms with E-state index >= 15 is 0 Å². The molecule has 1 aromatic carbocycles. The predicted molar refractivity (Wildman–Crippen MR) is 86.5 cm³/mol. The van der Waals surface area contributed by atoms with Crippen molar-refractivity contribution in [3.63, 3.8) is 0 Å². The summed E-state index contributed by atoms with van der Waals surface area (Å²) < 4.78 is 0. The summed E-state index contributed by atoms with van der Waals surface area (Å²) in [4.78, 5) is 12.0. The Kier molecular flexibility index (Phi) is 8.20. The monoisotopic (exact) mass is 275 g/mol. The van der Waals surface area contributed by atoms with Gasteiger partial charge < -0.3 is 5.32 Å². The fraction of sp³-hybridized carbons (Fsp3) is 0.611. The second-order valence-corrected chi connectivity index (χ2v) is 5.76. The number of hydrogen-bond donors (Lipinski definition) is 1. The fourth-order valence-electron chi connectivity index (χ4n) is 2.20. The van der Waals surface area contributed by atoms with Crippen molar-refractivity contribution in [2.24, 2.45) is 0 Å². The normalized spacial score (nSPS) is 11.0. The lowest BCUT2D eigenvalue weighted by molar-refractivity contribution is 0.0982. The molecule has 0 heterocycles. The fourth-order valence-corrected chi connectivity index (χ4v) is 2.20. The largest absolute Gasteiger partial charge is 0.316 e. The van der Waals surface area contributed by atoms with Crippen LogP contribution < -0.4 is 5.32 Å². The van der Waals surface area contributed by atoms with E-state index in [-0.39, 0.29) is 5.78 Å². The van der Waals surface area contributed by atoms with Gasteiger partial charge in [0.25, 0.3) is 0 Å². The SMILES string of the molecule is CCCCCCNCCC(=O)c1ccc(C(C)C)cc1. The van der Waals surface area contributed by atoms with E-state index in [0.717, 1.165) is 18.7 Å². The van der Waals surface area contributed by atoms with Crippen LogP contribution in [0, 0.1) is 0 Å². The Labute approximate surface area is 124 Å². The standard InChI is InChI=1S/C18H29NO/c1-4-5-6-7-13-19-14-12-18(20)17-10-8-16(9-11-17)15(2)3/h8-11,15,19H,4-7,12-14H2,1-3H3. The molecular weight excluding hydrogens is 246 g/mol. The molecule has 0 atom stereocenters. The molecule has 2 heteroatoms. The summed E-state index contributed by atoms with van der Waals surface area (Å²) in [5.74, 6) is 0.755. The summed E-state index contributed by atoms with van der Waals surface area (Å²) in [5, 5.41) is 3.35. The number of Topliss-reactive ketones (excluding diaryl/α,β-unsaturated/α-hetero) is 1. The average Bonchev–Trinajstić information content (AvgIpc) is 2.46. The first-order valence-corrected chi connectivity index (χ1v) is 7.99. The van der Waals surface area contributed by atoms with Crippen molar-refractivity contribution in [1.29, 1.82) is 0 Å². The molecule has 0 saturated carbocycles. The minimum absolute atomic E-state index is 0.237. The molecule has 0 fully saturated rings. The third kappa shape index (κ3) is 6.33. The lowest BCUT2D eigenvalue weighted by Gasteiger charge is -2.07. The van der Waals surface area contributed by atoms with Crippen molar-refractivity contribution in [3.05, 3.63) is 35.4 Å². The third-order valence-corrected chi connectivity index (χ3v) is 3.64. The molecule has 0 aliphatic rings. The van der Waals surface area contributed by atoms with Crippen LogP contribution in [0.3, 0.4) is 0 Å². The lowest BCUT2D eigenvalue weighted by atomic mass is 10.00. The Morgan fingerprint density at radius 2 is 1.75 bits per heavy atom. The van der Waals surface area contributed by atoms with Gasteiger partial charge in [-0.1, -0.05) is 64.3 Å². The van der Waals surface area contributed by atoms with Crippen molar-refractivity contribution in [2.45, 2.75) is 58.8 Å². The summed E-state index contributed by atoms with van der Waals surface area (Å²) >= 11 is 0. The van der Waals surface area contributed by atoms with Gasteiger partial charge in [0.05, 0.1) is 0 Å². The van der Waals surface area contributed by atoms with Crippen molar-refractivity contribution >= 4 is 5.78 Å². The highest BCUT2D eigenvalue weighted by Crippen LogP contribution is 2.15. The van der Waals surface area contributed by atoms with E-state index in [1.807, 2.05) is 12.1 Å². The lowest BCUT2D eigenvalue weighted by Crippen LogP contribution is -2.19. The zero-order chi connectivity index (χ0) is 14.8. The number of ketones is 1. The first-order chi connectivity index (χ1) is 9.65. The molecule has 1 aromatic rings. The molecule has 0 aromatic heterocycles. The van der Waals surface area contributed by atoms with Crippen LogP contribution in [0.15, 0.2) is 24.3 Å².